The van der Waals surface area contributed by atoms with Crippen molar-refractivity contribution < 1.29 is 47.0 Å². The number of sulfonamides is 1. The van der Waals surface area contributed by atoms with Crippen molar-refractivity contribution in [1.29, 1.82) is 0 Å². The topological polar surface area (TPSA) is 201 Å². The van der Waals surface area contributed by atoms with Crippen molar-refractivity contribution in [1.82, 2.24) is 25.2 Å². The fraction of sp³-hybridized carbons (Fsp3) is 0.694. The van der Waals surface area contributed by atoms with Gasteiger partial charge in [-0.2, -0.15) is 4.72 Å². The van der Waals surface area contributed by atoms with E-state index in [1.54, 1.807) is 42.2 Å². The van der Waals surface area contributed by atoms with Gasteiger partial charge in [-0.25, -0.2) is 18.0 Å². The molecule has 4 N–H and O–H groups in total. The standard InChI is InChI=1S/C36H57N5O10S/c1-5-50-33(44)30(39-52(48,49)25-28-9-7-6-8-10-28)23-37-31(42)24-38-32(43)29(13-11-26-15-19-40(20-16-26)34(45)46)14-12-27-17-21-41(22-18-27)35(47)51-36(2,3)4/h6-10,26-27,29-30,39H,5,11-25H2,1-4H3,(H,37,42)(H,38,43)(H,45,46)/t29?,30-/m0/s1. The summed E-state index contributed by atoms with van der Waals surface area (Å²) in [6, 6.07) is 7.09. The summed E-state index contributed by atoms with van der Waals surface area (Å²) in [5.74, 6) is -1.86. The van der Waals surface area contributed by atoms with Crippen molar-refractivity contribution >= 4 is 40.0 Å². The minimum absolute atomic E-state index is 0.0165. The highest BCUT2D eigenvalue weighted by Crippen LogP contribution is 2.29. The van der Waals surface area contributed by atoms with Gasteiger partial charge in [-0.1, -0.05) is 30.3 Å². The Morgan fingerprint density at radius 1 is 0.885 bits per heavy atom. The van der Waals surface area contributed by atoms with E-state index in [0.29, 0.717) is 50.5 Å². The van der Waals surface area contributed by atoms with Gasteiger partial charge in [0.25, 0.3) is 0 Å². The molecule has 0 aromatic heterocycles. The van der Waals surface area contributed by atoms with Crippen LogP contribution in [-0.2, 0) is 39.6 Å². The molecule has 1 unspecified atom stereocenters. The lowest BCUT2D eigenvalue weighted by Crippen LogP contribution is -2.50. The predicted octanol–water partition coefficient (Wildman–Crippen LogP) is 3.48. The van der Waals surface area contributed by atoms with Crippen LogP contribution in [0.5, 0.6) is 0 Å². The van der Waals surface area contributed by atoms with Crippen LogP contribution in [0.15, 0.2) is 30.3 Å². The lowest BCUT2D eigenvalue weighted by atomic mass is 9.84. The summed E-state index contributed by atoms with van der Waals surface area (Å²) in [6.07, 6.45) is 4.47. The number of hydrogen-bond acceptors (Lipinski definition) is 9. The van der Waals surface area contributed by atoms with Crippen LogP contribution in [0, 0.1) is 17.8 Å². The molecule has 52 heavy (non-hydrogen) atoms. The third-order valence-corrected chi connectivity index (χ3v) is 10.7. The molecule has 2 saturated heterocycles. The SMILES string of the molecule is CCOC(=O)[C@H](CNC(=O)CNC(=O)C(CCC1CCN(C(=O)O)CC1)CCC1CCN(C(=O)OC(C)(C)C)CC1)NS(=O)(=O)Cc1ccccc1. The van der Waals surface area contributed by atoms with Crippen LogP contribution in [0.25, 0.3) is 0 Å². The Kier molecular flexibility index (Phi) is 16.6. The van der Waals surface area contributed by atoms with E-state index >= 15 is 0 Å². The van der Waals surface area contributed by atoms with Crippen molar-refractivity contribution in [2.24, 2.45) is 17.8 Å². The monoisotopic (exact) mass is 751 g/mol. The quantitative estimate of drug-likeness (QED) is 0.171. The Balaban J connectivity index is 1.54. The number of nitrogens with one attached hydrogen (secondary N) is 3. The van der Waals surface area contributed by atoms with Crippen LogP contribution in [-0.4, -0.2) is 111 Å². The number of ether oxygens (including phenoxy) is 2. The molecule has 16 heteroatoms. The van der Waals surface area contributed by atoms with E-state index < -0.39 is 39.6 Å². The van der Waals surface area contributed by atoms with E-state index in [4.69, 9.17) is 9.47 Å². The van der Waals surface area contributed by atoms with Gasteiger partial charge in [0.2, 0.25) is 21.8 Å². The largest absolute Gasteiger partial charge is 0.465 e. The average molecular weight is 752 g/mol. The first kappa shape index (κ1) is 42.5. The molecule has 2 heterocycles. The number of carboxylic acid groups (broad SMARTS) is 1. The van der Waals surface area contributed by atoms with Crippen LogP contribution in [0.1, 0.15) is 84.6 Å². The summed E-state index contributed by atoms with van der Waals surface area (Å²) in [4.78, 5) is 65.9. The molecule has 292 valence electrons. The fourth-order valence-corrected chi connectivity index (χ4v) is 7.81. The van der Waals surface area contributed by atoms with Gasteiger partial charge in [0.05, 0.1) is 18.9 Å². The first-order valence-electron chi connectivity index (χ1n) is 18.3. The van der Waals surface area contributed by atoms with Gasteiger partial charge in [0, 0.05) is 38.6 Å². The fourth-order valence-electron chi connectivity index (χ4n) is 6.48. The van der Waals surface area contributed by atoms with Gasteiger partial charge in [0.15, 0.2) is 0 Å². The smallest absolute Gasteiger partial charge is 0.410 e. The number of rotatable bonds is 17. The van der Waals surface area contributed by atoms with Gasteiger partial charge in [0.1, 0.15) is 11.6 Å². The van der Waals surface area contributed by atoms with Gasteiger partial charge < -0.3 is 35.0 Å². The summed E-state index contributed by atoms with van der Waals surface area (Å²) in [5.41, 5.74) is -0.0471. The third-order valence-electron chi connectivity index (χ3n) is 9.39. The first-order valence-corrected chi connectivity index (χ1v) is 19.9. The van der Waals surface area contributed by atoms with Crippen molar-refractivity contribution in [3.63, 3.8) is 0 Å². The first-order chi connectivity index (χ1) is 24.5. The molecule has 0 aliphatic carbocycles. The number of carbonyl (C=O) groups is 5. The van der Waals surface area contributed by atoms with Gasteiger partial charge in [-0.05, 0) is 96.5 Å². The zero-order chi connectivity index (χ0) is 38.3. The van der Waals surface area contributed by atoms with Crippen molar-refractivity contribution in [2.75, 3.05) is 45.9 Å². The van der Waals surface area contributed by atoms with Crippen molar-refractivity contribution in [3.8, 4) is 0 Å². The maximum atomic E-state index is 13.5. The number of hydrogen-bond donors (Lipinski definition) is 4. The molecule has 3 rings (SSSR count). The number of carbonyl (C=O) groups excluding carboxylic acids is 4. The van der Waals surface area contributed by atoms with Crippen molar-refractivity contribution in [2.45, 2.75) is 96.5 Å². The summed E-state index contributed by atoms with van der Waals surface area (Å²) in [7, 11) is -3.96. The Morgan fingerprint density at radius 2 is 1.44 bits per heavy atom. The Hall–Kier alpha value is -3.92. The van der Waals surface area contributed by atoms with Gasteiger partial charge >= 0.3 is 18.2 Å². The Morgan fingerprint density at radius 3 is 1.96 bits per heavy atom. The van der Waals surface area contributed by atoms with E-state index in [9.17, 15) is 37.5 Å². The second-order valence-corrected chi connectivity index (χ2v) is 16.4. The van der Waals surface area contributed by atoms with Crippen LogP contribution < -0.4 is 15.4 Å². The molecule has 4 amide bonds. The number of nitrogens with zero attached hydrogens (tertiary/aromatic N) is 2. The van der Waals surface area contributed by atoms with Gasteiger partial charge in [-0.15, -0.1) is 0 Å². The summed E-state index contributed by atoms with van der Waals surface area (Å²) in [6.45, 7) is 8.44. The summed E-state index contributed by atoms with van der Waals surface area (Å²) >= 11 is 0. The average Bonchev–Trinajstić information content (AvgIpc) is 3.09. The van der Waals surface area contributed by atoms with Crippen LogP contribution >= 0.6 is 0 Å². The number of amides is 4. The molecule has 0 saturated carbocycles. The number of piperidine rings is 2. The Bertz CT molecular complexity index is 1440. The highest BCUT2D eigenvalue weighted by Gasteiger charge is 2.30. The molecule has 1 aromatic rings. The highest BCUT2D eigenvalue weighted by molar-refractivity contribution is 7.88. The maximum absolute atomic E-state index is 13.5. The summed E-state index contributed by atoms with van der Waals surface area (Å²) in [5, 5.41) is 14.5. The highest BCUT2D eigenvalue weighted by atomic mass is 32.2. The van der Waals surface area contributed by atoms with Crippen LogP contribution in [0.4, 0.5) is 9.59 Å². The zero-order valence-corrected chi connectivity index (χ0v) is 31.8. The molecule has 1 aromatic carbocycles. The molecule has 0 bridgehead atoms. The maximum Gasteiger partial charge on any atom is 0.410 e. The van der Waals surface area contributed by atoms with Crippen LogP contribution in [0.3, 0.4) is 0 Å². The molecule has 0 spiro atoms. The zero-order valence-electron chi connectivity index (χ0n) is 30.9. The van der Waals surface area contributed by atoms with E-state index in [-0.39, 0.29) is 49.3 Å². The second-order valence-electron chi connectivity index (χ2n) is 14.7. The number of benzene rings is 1. The molecular weight excluding hydrogens is 694 g/mol. The van der Waals surface area contributed by atoms with E-state index in [0.717, 1.165) is 38.5 Å². The normalized spacial score (nSPS) is 17.2. The molecule has 2 atom stereocenters. The van der Waals surface area contributed by atoms with Crippen molar-refractivity contribution in [3.05, 3.63) is 35.9 Å². The lowest BCUT2D eigenvalue weighted by Gasteiger charge is -2.34. The van der Waals surface area contributed by atoms with E-state index in [1.807, 2.05) is 20.8 Å². The molecular formula is C36H57N5O10S. The summed E-state index contributed by atoms with van der Waals surface area (Å²) < 4.78 is 38.5. The molecule has 2 aliphatic heterocycles. The Labute approximate surface area is 307 Å². The minimum atomic E-state index is -3.96. The van der Waals surface area contributed by atoms with Crippen LogP contribution in [0.2, 0.25) is 0 Å². The molecule has 15 nitrogen and oxygen atoms in total. The predicted molar refractivity (Wildman–Crippen MR) is 193 cm³/mol. The van der Waals surface area contributed by atoms with E-state index in [1.165, 1.54) is 4.90 Å². The molecule has 0 radical (unpaired) electrons. The second kappa shape index (κ2) is 20.4. The lowest BCUT2D eigenvalue weighted by molar-refractivity contribution is -0.145. The third kappa shape index (κ3) is 15.4. The number of esters is 1. The van der Waals surface area contributed by atoms with Gasteiger partial charge in [-0.3, -0.25) is 14.4 Å². The van der Waals surface area contributed by atoms with E-state index in [2.05, 4.69) is 15.4 Å². The molecule has 2 fully saturated rings. The number of likely N-dealkylation sites (tertiary alicyclic amines) is 2. The molecule has 2 aliphatic rings. The minimum Gasteiger partial charge on any atom is -0.465 e.